The molecule has 1 heterocycles. The van der Waals surface area contributed by atoms with Gasteiger partial charge >= 0.3 is 0 Å². The van der Waals surface area contributed by atoms with Gasteiger partial charge in [0.25, 0.3) is 0 Å². The third-order valence-electron chi connectivity index (χ3n) is 3.92. The van der Waals surface area contributed by atoms with E-state index in [4.69, 9.17) is 20.8 Å². The summed E-state index contributed by atoms with van der Waals surface area (Å²) in [5, 5.41) is 2.85. The summed E-state index contributed by atoms with van der Waals surface area (Å²) in [4.78, 5) is 0. The molecule has 0 aliphatic heterocycles. The maximum atomic E-state index is 6.17. The predicted molar refractivity (Wildman–Crippen MR) is 96.3 cm³/mol. The molecule has 0 aliphatic rings. The molecule has 24 heavy (non-hydrogen) atoms. The van der Waals surface area contributed by atoms with Crippen LogP contribution in [0.1, 0.15) is 11.3 Å². The maximum absolute atomic E-state index is 6.17. The van der Waals surface area contributed by atoms with Crippen molar-refractivity contribution in [2.45, 2.75) is 13.0 Å². The Bertz CT molecular complexity index is 783. The number of halogens is 1. The largest absolute Gasteiger partial charge is 0.495 e. The van der Waals surface area contributed by atoms with E-state index in [1.807, 2.05) is 36.4 Å². The third kappa shape index (κ3) is 4.19. The van der Waals surface area contributed by atoms with Crippen molar-refractivity contribution in [3.05, 3.63) is 77.0 Å². The van der Waals surface area contributed by atoms with Gasteiger partial charge in [0, 0.05) is 12.0 Å². The molecule has 0 fully saturated rings. The van der Waals surface area contributed by atoms with Crippen molar-refractivity contribution in [3.63, 3.8) is 0 Å². The van der Waals surface area contributed by atoms with Gasteiger partial charge in [-0.3, -0.25) is 0 Å². The van der Waals surface area contributed by atoms with Crippen LogP contribution in [0.25, 0.3) is 11.3 Å². The predicted octanol–water partition coefficient (Wildman–Crippen LogP) is 3.91. The molecule has 3 aromatic rings. The lowest BCUT2D eigenvalue weighted by molar-refractivity contribution is -0.671. The van der Waals surface area contributed by atoms with Crippen molar-refractivity contribution in [1.29, 1.82) is 0 Å². The van der Waals surface area contributed by atoms with Gasteiger partial charge in [-0.2, -0.15) is 0 Å². The number of ether oxygens (including phenoxy) is 1. The monoisotopic (exact) mass is 342 g/mol. The first-order valence-electron chi connectivity index (χ1n) is 8.04. The summed E-state index contributed by atoms with van der Waals surface area (Å²) in [6.45, 7) is 1.87. The van der Waals surface area contributed by atoms with Crippen LogP contribution >= 0.6 is 11.6 Å². The fourth-order valence-corrected chi connectivity index (χ4v) is 2.88. The molecule has 0 radical (unpaired) electrons. The normalized spacial score (nSPS) is 10.8. The van der Waals surface area contributed by atoms with Crippen LogP contribution in [0.2, 0.25) is 5.02 Å². The van der Waals surface area contributed by atoms with Crippen LogP contribution in [0.15, 0.2) is 65.1 Å². The Morgan fingerprint density at radius 1 is 1.04 bits per heavy atom. The zero-order valence-electron chi connectivity index (χ0n) is 13.7. The van der Waals surface area contributed by atoms with Crippen LogP contribution in [0.3, 0.4) is 0 Å². The molecule has 1 aromatic heterocycles. The molecule has 0 spiro atoms. The SMILES string of the molecule is COc1ccc(-c2ccc(C[NH2+]CCc3ccccc3)o2)cc1Cl. The molecule has 4 heteroatoms. The second kappa shape index (κ2) is 8.04. The van der Waals surface area contributed by atoms with Gasteiger partial charge in [0.1, 0.15) is 18.1 Å². The van der Waals surface area contributed by atoms with E-state index in [0.717, 1.165) is 36.6 Å². The van der Waals surface area contributed by atoms with Gasteiger partial charge in [-0.25, -0.2) is 0 Å². The molecule has 0 bridgehead atoms. The number of furan rings is 1. The maximum Gasteiger partial charge on any atom is 0.158 e. The molecule has 124 valence electrons. The Labute approximate surface area is 147 Å². The van der Waals surface area contributed by atoms with Gasteiger partial charge in [-0.1, -0.05) is 41.9 Å². The van der Waals surface area contributed by atoms with E-state index in [-0.39, 0.29) is 0 Å². The summed E-state index contributed by atoms with van der Waals surface area (Å²) in [5.74, 6) is 2.46. The number of hydrogen-bond donors (Lipinski definition) is 1. The van der Waals surface area contributed by atoms with Gasteiger partial charge < -0.3 is 14.5 Å². The van der Waals surface area contributed by atoms with Crippen molar-refractivity contribution >= 4 is 11.6 Å². The highest BCUT2D eigenvalue weighted by atomic mass is 35.5. The van der Waals surface area contributed by atoms with E-state index in [0.29, 0.717) is 10.8 Å². The van der Waals surface area contributed by atoms with E-state index in [1.165, 1.54) is 5.56 Å². The lowest BCUT2D eigenvalue weighted by Crippen LogP contribution is -2.83. The topological polar surface area (TPSA) is 39.0 Å². The molecular weight excluding hydrogens is 322 g/mol. The molecule has 0 atom stereocenters. The summed E-state index contributed by atoms with van der Waals surface area (Å²) < 4.78 is 11.1. The summed E-state index contributed by atoms with van der Waals surface area (Å²) in [6, 6.07) is 20.2. The Morgan fingerprint density at radius 3 is 2.62 bits per heavy atom. The number of hydrogen-bond acceptors (Lipinski definition) is 2. The Morgan fingerprint density at radius 2 is 1.88 bits per heavy atom. The molecule has 2 N–H and O–H groups in total. The summed E-state index contributed by atoms with van der Waals surface area (Å²) in [6.07, 6.45) is 1.06. The highest BCUT2D eigenvalue weighted by Gasteiger charge is 2.09. The zero-order valence-corrected chi connectivity index (χ0v) is 14.4. The second-order valence-corrected chi connectivity index (χ2v) is 6.04. The van der Waals surface area contributed by atoms with Crippen LogP contribution in [0, 0.1) is 0 Å². The van der Waals surface area contributed by atoms with Crippen molar-refractivity contribution in [3.8, 4) is 17.1 Å². The van der Waals surface area contributed by atoms with Crippen LogP contribution < -0.4 is 10.1 Å². The van der Waals surface area contributed by atoms with Gasteiger partial charge in [-0.05, 0) is 35.9 Å². The minimum Gasteiger partial charge on any atom is -0.495 e. The lowest BCUT2D eigenvalue weighted by atomic mass is 10.1. The minimum absolute atomic E-state index is 0.586. The smallest absolute Gasteiger partial charge is 0.158 e. The molecule has 3 nitrogen and oxygen atoms in total. The summed E-state index contributed by atoms with van der Waals surface area (Å²) in [5.41, 5.74) is 2.32. The Kier molecular flexibility index (Phi) is 5.57. The van der Waals surface area contributed by atoms with Gasteiger partial charge in [0.05, 0.1) is 18.7 Å². The van der Waals surface area contributed by atoms with E-state index in [1.54, 1.807) is 7.11 Å². The molecule has 2 aromatic carbocycles. The standard InChI is InChI=1S/C20H20ClNO2/c1-23-20-9-7-16(13-18(20)21)19-10-8-17(24-19)14-22-12-11-15-5-3-2-4-6-15/h2-10,13,22H,11-12,14H2,1H3/p+1. The van der Waals surface area contributed by atoms with Gasteiger partial charge in [0.15, 0.2) is 5.76 Å². The van der Waals surface area contributed by atoms with E-state index in [2.05, 4.69) is 29.6 Å². The van der Waals surface area contributed by atoms with E-state index in [9.17, 15) is 0 Å². The fourth-order valence-electron chi connectivity index (χ4n) is 2.62. The number of rotatable bonds is 7. The van der Waals surface area contributed by atoms with Gasteiger partial charge in [0.2, 0.25) is 0 Å². The first kappa shape index (κ1) is 16.6. The highest BCUT2D eigenvalue weighted by molar-refractivity contribution is 6.32. The first-order valence-corrected chi connectivity index (χ1v) is 8.42. The molecule has 0 saturated carbocycles. The molecule has 3 rings (SSSR count). The number of quaternary nitrogens is 1. The van der Waals surface area contributed by atoms with E-state index < -0.39 is 0 Å². The average molecular weight is 343 g/mol. The van der Waals surface area contributed by atoms with Crippen molar-refractivity contribution in [1.82, 2.24) is 0 Å². The van der Waals surface area contributed by atoms with Crippen molar-refractivity contribution < 1.29 is 14.5 Å². The molecule has 0 amide bonds. The van der Waals surface area contributed by atoms with Crippen LogP contribution in [0.4, 0.5) is 0 Å². The van der Waals surface area contributed by atoms with Crippen LogP contribution in [-0.4, -0.2) is 13.7 Å². The molecule has 0 saturated heterocycles. The minimum atomic E-state index is 0.586. The first-order chi connectivity index (χ1) is 11.8. The number of nitrogens with two attached hydrogens (primary N) is 1. The van der Waals surface area contributed by atoms with Crippen LogP contribution in [0.5, 0.6) is 5.75 Å². The van der Waals surface area contributed by atoms with Gasteiger partial charge in [-0.15, -0.1) is 0 Å². The average Bonchev–Trinajstić information content (AvgIpc) is 3.08. The quantitative estimate of drug-likeness (QED) is 0.661. The fraction of sp³-hybridized carbons (Fsp3) is 0.200. The highest BCUT2D eigenvalue weighted by Crippen LogP contribution is 2.30. The zero-order chi connectivity index (χ0) is 16.8. The number of methoxy groups -OCH3 is 1. The lowest BCUT2D eigenvalue weighted by Gasteiger charge is -2.04. The number of benzene rings is 2. The summed E-state index contributed by atoms with van der Waals surface area (Å²) >= 11 is 6.17. The van der Waals surface area contributed by atoms with Crippen molar-refractivity contribution in [2.24, 2.45) is 0 Å². The Balaban J connectivity index is 1.55. The third-order valence-corrected chi connectivity index (χ3v) is 4.22. The van der Waals surface area contributed by atoms with E-state index >= 15 is 0 Å². The molecular formula is C20H21ClNO2+. The van der Waals surface area contributed by atoms with Crippen LogP contribution in [-0.2, 0) is 13.0 Å². The molecule has 0 unspecified atom stereocenters. The van der Waals surface area contributed by atoms with Crippen molar-refractivity contribution in [2.75, 3.05) is 13.7 Å². The molecule has 0 aliphatic carbocycles. The Hall–Kier alpha value is -2.23. The summed E-state index contributed by atoms with van der Waals surface area (Å²) in [7, 11) is 1.61. The second-order valence-electron chi connectivity index (χ2n) is 5.63.